The maximum atomic E-state index is 13.9. The van der Waals surface area contributed by atoms with Crippen molar-refractivity contribution < 1.29 is 28.7 Å². The van der Waals surface area contributed by atoms with Crippen molar-refractivity contribution >= 4 is 24.0 Å². The molecule has 4 aliphatic rings. The normalized spacial score (nSPS) is 30.8. The first-order valence-electron chi connectivity index (χ1n) is 10.6. The molecule has 4 fully saturated rings. The van der Waals surface area contributed by atoms with Gasteiger partial charge in [0, 0.05) is 11.1 Å². The van der Waals surface area contributed by atoms with Gasteiger partial charge in [-0.15, -0.1) is 0 Å². The predicted molar refractivity (Wildman–Crippen MR) is 110 cm³/mol. The number of methoxy groups -OCH3 is 2. The van der Waals surface area contributed by atoms with Crippen molar-refractivity contribution in [2.45, 2.75) is 63.9 Å². The van der Waals surface area contributed by atoms with Crippen LogP contribution < -0.4 is 0 Å². The minimum absolute atomic E-state index is 0.0415. The number of amides is 4. The molecular formula is C20H32N6O6. The monoisotopic (exact) mass is 452 g/mol. The van der Waals surface area contributed by atoms with Crippen LogP contribution in [0.2, 0.25) is 0 Å². The molecule has 0 spiro atoms. The average molecular weight is 453 g/mol. The van der Waals surface area contributed by atoms with Gasteiger partial charge >= 0.3 is 24.0 Å². The lowest BCUT2D eigenvalue weighted by Gasteiger charge is -2.53. The Morgan fingerprint density at radius 1 is 0.656 bits per heavy atom. The van der Waals surface area contributed by atoms with E-state index in [1.807, 2.05) is 51.3 Å². The fraction of sp³-hybridized carbons (Fsp3) is 0.800. The molecule has 4 saturated heterocycles. The van der Waals surface area contributed by atoms with Crippen molar-refractivity contribution in [2.75, 3.05) is 40.9 Å². The molecule has 0 aromatic carbocycles. The Balaban J connectivity index is 2.02. The van der Waals surface area contributed by atoms with E-state index in [1.54, 1.807) is 0 Å². The summed E-state index contributed by atoms with van der Waals surface area (Å²) in [6.07, 6.45) is 0. The summed E-state index contributed by atoms with van der Waals surface area (Å²) in [7, 11) is 2.37. The first-order valence-corrected chi connectivity index (χ1v) is 10.6. The molecule has 4 amide bonds. The maximum absolute atomic E-state index is 13.9. The lowest BCUT2D eigenvalue weighted by atomic mass is 9.89. The van der Waals surface area contributed by atoms with E-state index >= 15 is 0 Å². The molecule has 0 aromatic heterocycles. The van der Waals surface area contributed by atoms with Gasteiger partial charge in [0.2, 0.25) is 0 Å². The van der Waals surface area contributed by atoms with E-state index in [-0.39, 0.29) is 26.7 Å². The lowest BCUT2D eigenvalue weighted by Crippen LogP contribution is -2.81. The highest BCUT2D eigenvalue weighted by Gasteiger charge is 2.89. The number of carbonyl (C=O) groups is 4. The summed E-state index contributed by atoms with van der Waals surface area (Å²) in [5.41, 5.74) is -4.82. The van der Waals surface area contributed by atoms with Crippen LogP contribution in [-0.2, 0) is 19.1 Å². The van der Waals surface area contributed by atoms with Crippen LogP contribution in [0, 0.1) is 0 Å². The van der Waals surface area contributed by atoms with Gasteiger partial charge < -0.3 is 9.47 Å². The van der Waals surface area contributed by atoms with E-state index in [0.29, 0.717) is 0 Å². The van der Waals surface area contributed by atoms with Crippen LogP contribution in [0.5, 0.6) is 0 Å². The Morgan fingerprint density at radius 2 is 0.906 bits per heavy atom. The van der Waals surface area contributed by atoms with Crippen LogP contribution in [0.1, 0.15) is 41.5 Å². The van der Waals surface area contributed by atoms with Gasteiger partial charge in [-0.05, 0) is 41.5 Å². The second-order valence-corrected chi connectivity index (χ2v) is 10.6. The number of carbonyl (C=O) groups excluding carboxylic acids is 4. The number of hydrogen-bond acceptors (Lipinski definition) is 8. The molecule has 4 rings (SSSR count). The van der Waals surface area contributed by atoms with Crippen LogP contribution in [0.4, 0.5) is 9.59 Å². The van der Waals surface area contributed by atoms with Gasteiger partial charge in [0.05, 0.1) is 40.9 Å². The number of rotatable bonds is 2. The third-order valence-corrected chi connectivity index (χ3v) is 7.06. The number of hydrogen-bond donors (Lipinski definition) is 0. The highest BCUT2D eigenvalue weighted by Crippen LogP contribution is 2.56. The zero-order chi connectivity index (χ0) is 24.0. The summed E-state index contributed by atoms with van der Waals surface area (Å²) in [4.78, 5) is 63.7. The van der Waals surface area contributed by atoms with Gasteiger partial charge in [0.25, 0.3) is 11.3 Å². The smallest absolute Gasteiger partial charge is 0.358 e. The largest absolute Gasteiger partial charge is 0.466 e. The predicted octanol–water partition coefficient (Wildman–Crippen LogP) is 0.258. The van der Waals surface area contributed by atoms with Gasteiger partial charge in [0.1, 0.15) is 0 Å². The van der Waals surface area contributed by atoms with Gasteiger partial charge in [-0.1, -0.05) is 0 Å². The molecule has 178 valence electrons. The molecular weight excluding hydrogens is 420 g/mol. The summed E-state index contributed by atoms with van der Waals surface area (Å²) in [6.45, 7) is 11.9. The summed E-state index contributed by atoms with van der Waals surface area (Å²) in [5.74, 6) is -1.71. The first kappa shape index (κ1) is 22.6. The summed E-state index contributed by atoms with van der Waals surface area (Å²) >= 11 is 0. The van der Waals surface area contributed by atoms with Gasteiger partial charge in [-0.25, -0.2) is 19.2 Å². The zero-order valence-corrected chi connectivity index (χ0v) is 20.0. The van der Waals surface area contributed by atoms with Crippen molar-refractivity contribution in [3.63, 3.8) is 0 Å². The van der Waals surface area contributed by atoms with Gasteiger partial charge in [-0.3, -0.25) is 29.4 Å². The van der Waals surface area contributed by atoms with E-state index in [4.69, 9.17) is 9.47 Å². The molecule has 0 aromatic rings. The molecule has 0 radical (unpaired) electrons. The van der Waals surface area contributed by atoms with E-state index in [9.17, 15) is 19.2 Å². The van der Waals surface area contributed by atoms with Crippen molar-refractivity contribution in [1.82, 2.24) is 29.4 Å². The molecule has 0 atom stereocenters. The Bertz CT molecular complexity index is 788. The van der Waals surface area contributed by atoms with E-state index in [0.717, 1.165) is 0 Å². The summed E-state index contributed by atoms with van der Waals surface area (Å²) < 4.78 is 10.3. The number of nitrogens with zero attached hydrogens (tertiary/aromatic N) is 6. The second-order valence-electron chi connectivity index (χ2n) is 10.6. The number of urea groups is 2. The molecule has 12 heteroatoms. The number of ether oxygens (including phenoxy) is 2. The standard InChI is InChI=1S/C20H32N6O6/c1-17(2,3)21-9-23-15(29)25-11-22(18(4,5)6)12-26-16(30)24(10-21)19(23,13(27)31-7)20(25,26)14(28)32-8/h9-12H2,1-8H3. The maximum Gasteiger partial charge on any atom is 0.358 e. The van der Waals surface area contributed by atoms with Gasteiger partial charge in [0.15, 0.2) is 0 Å². The van der Waals surface area contributed by atoms with Crippen LogP contribution in [0.3, 0.4) is 0 Å². The van der Waals surface area contributed by atoms with Crippen molar-refractivity contribution in [2.24, 2.45) is 0 Å². The highest BCUT2D eigenvalue weighted by molar-refractivity contribution is 6.09. The molecule has 0 N–H and O–H groups in total. The van der Waals surface area contributed by atoms with E-state index < -0.39 is 46.4 Å². The summed E-state index contributed by atoms with van der Waals surface area (Å²) in [5, 5.41) is 0. The average Bonchev–Trinajstić information content (AvgIpc) is 3.10. The van der Waals surface area contributed by atoms with E-state index in [2.05, 4.69) is 0 Å². The minimum Gasteiger partial charge on any atom is -0.466 e. The second kappa shape index (κ2) is 6.47. The molecule has 4 aliphatic heterocycles. The third-order valence-electron chi connectivity index (χ3n) is 7.06. The van der Waals surface area contributed by atoms with E-state index in [1.165, 1.54) is 33.8 Å². The minimum atomic E-state index is -1.99. The molecule has 0 saturated carbocycles. The fourth-order valence-electron chi connectivity index (χ4n) is 5.17. The van der Waals surface area contributed by atoms with Crippen molar-refractivity contribution in [3.8, 4) is 0 Å². The SMILES string of the molecule is COC(=O)C12N3CN(C(C)(C)C)CN1C(=O)N1CN(C(C)(C)C)CN(C3=O)C12C(=O)OC. The van der Waals surface area contributed by atoms with Crippen LogP contribution in [0.25, 0.3) is 0 Å². The fourth-order valence-corrected chi connectivity index (χ4v) is 5.17. The lowest BCUT2D eigenvalue weighted by molar-refractivity contribution is -0.211. The Kier molecular flexibility index (Phi) is 4.57. The Morgan fingerprint density at radius 3 is 1.09 bits per heavy atom. The molecule has 32 heavy (non-hydrogen) atoms. The molecule has 12 nitrogen and oxygen atoms in total. The van der Waals surface area contributed by atoms with Gasteiger partial charge in [-0.2, -0.15) is 0 Å². The first-order chi connectivity index (χ1) is 14.7. The van der Waals surface area contributed by atoms with Crippen molar-refractivity contribution in [3.05, 3.63) is 0 Å². The van der Waals surface area contributed by atoms with Crippen LogP contribution in [-0.4, -0.2) is 117 Å². The van der Waals surface area contributed by atoms with Crippen LogP contribution in [0.15, 0.2) is 0 Å². The quantitative estimate of drug-likeness (QED) is 0.550. The van der Waals surface area contributed by atoms with Crippen molar-refractivity contribution in [1.29, 1.82) is 0 Å². The molecule has 0 aliphatic carbocycles. The third kappa shape index (κ3) is 2.34. The molecule has 0 bridgehead atoms. The highest BCUT2D eigenvalue weighted by atomic mass is 16.5. The topological polar surface area (TPSA) is 106 Å². The Labute approximate surface area is 187 Å². The molecule has 4 heterocycles. The van der Waals surface area contributed by atoms with Crippen LogP contribution >= 0.6 is 0 Å². The summed E-state index contributed by atoms with van der Waals surface area (Å²) in [6, 6.07) is -1.07. The molecule has 0 unspecified atom stereocenters. The Hall–Kier alpha value is -2.60. The number of esters is 2. The zero-order valence-electron chi connectivity index (χ0n) is 20.0.